The Morgan fingerprint density at radius 3 is 2.33 bits per heavy atom. The van der Waals surface area contributed by atoms with Crippen LogP contribution in [0.1, 0.15) is 16.1 Å². The second kappa shape index (κ2) is 5.84. The van der Waals surface area contributed by atoms with Crippen molar-refractivity contribution < 1.29 is 18.0 Å². The van der Waals surface area contributed by atoms with Crippen LogP contribution in [-0.4, -0.2) is 15.7 Å². The van der Waals surface area contributed by atoms with Crippen molar-refractivity contribution in [3.63, 3.8) is 0 Å². The van der Waals surface area contributed by atoms with Gasteiger partial charge in [0.1, 0.15) is 0 Å². The molecular weight excluding hydrogens is 319 g/mol. The van der Waals surface area contributed by atoms with Gasteiger partial charge in [0, 0.05) is 11.1 Å². The molecule has 3 aromatic rings. The molecule has 0 radical (unpaired) electrons. The van der Waals surface area contributed by atoms with Crippen LogP contribution in [0.5, 0.6) is 0 Å². The molecule has 2 aromatic carbocycles. The number of nitrogens with two attached hydrogens (primary N) is 1. The Kier molecular flexibility index (Phi) is 3.84. The zero-order chi connectivity index (χ0) is 17.3. The minimum absolute atomic E-state index is 0.190. The zero-order valence-corrected chi connectivity index (χ0v) is 12.3. The number of primary amides is 1. The Labute approximate surface area is 135 Å². The lowest BCUT2D eigenvalue weighted by molar-refractivity contribution is -0.141. The average molecular weight is 331 g/mol. The van der Waals surface area contributed by atoms with Gasteiger partial charge in [-0.1, -0.05) is 36.4 Å². The summed E-state index contributed by atoms with van der Waals surface area (Å²) in [6.07, 6.45) is -4.57. The summed E-state index contributed by atoms with van der Waals surface area (Å²) in [7, 11) is 0. The van der Waals surface area contributed by atoms with E-state index in [9.17, 15) is 18.0 Å². The van der Waals surface area contributed by atoms with Gasteiger partial charge < -0.3 is 5.73 Å². The minimum atomic E-state index is -4.57. The van der Waals surface area contributed by atoms with E-state index in [2.05, 4.69) is 5.10 Å². The van der Waals surface area contributed by atoms with Gasteiger partial charge in [0.2, 0.25) is 5.91 Å². The fourth-order valence-corrected chi connectivity index (χ4v) is 2.32. The summed E-state index contributed by atoms with van der Waals surface area (Å²) in [6.45, 7) is 0. The number of hydrogen-bond donors (Lipinski definition) is 1. The number of nitrogens with zero attached hydrogens (tertiary/aromatic N) is 2. The van der Waals surface area contributed by atoms with Crippen LogP contribution in [0, 0.1) is 0 Å². The Hall–Kier alpha value is -3.09. The maximum atomic E-state index is 13.1. The third-order valence-corrected chi connectivity index (χ3v) is 3.44. The van der Waals surface area contributed by atoms with Crippen molar-refractivity contribution in [1.29, 1.82) is 0 Å². The summed E-state index contributed by atoms with van der Waals surface area (Å²) in [5, 5.41) is 3.67. The first-order valence-corrected chi connectivity index (χ1v) is 6.99. The molecular formula is C17H12F3N3O. The van der Waals surface area contributed by atoms with Gasteiger partial charge in [0.15, 0.2) is 5.69 Å². The molecule has 122 valence electrons. The number of halogens is 3. The van der Waals surface area contributed by atoms with Crippen LogP contribution in [0.4, 0.5) is 13.2 Å². The molecule has 0 aliphatic heterocycles. The van der Waals surface area contributed by atoms with Crippen LogP contribution in [0.2, 0.25) is 0 Å². The fraction of sp³-hybridized carbons (Fsp3) is 0.0588. The van der Waals surface area contributed by atoms with Crippen LogP contribution < -0.4 is 5.73 Å². The van der Waals surface area contributed by atoms with E-state index in [1.165, 1.54) is 12.1 Å². The van der Waals surface area contributed by atoms with E-state index in [0.717, 1.165) is 10.7 Å². The Morgan fingerprint density at radius 1 is 1.00 bits per heavy atom. The molecule has 7 heteroatoms. The smallest absolute Gasteiger partial charge is 0.366 e. The number of alkyl halides is 3. The second-order valence-electron chi connectivity index (χ2n) is 5.10. The van der Waals surface area contributed by atoms with E-state index in [-0.39, 0.29) is 11.3 Å². The molecule has 0 atom stereocenters. The van der Waals surface area contributed by atoms with Gasteiger partial charge in [-0.3, -0.25) is 4.79 Å². The molecule has 0 aliphatic rings. The van der Waals surface area contributed by atoms with Crippen molar-refractivity contribution in [2.75, 3.05) is 0 Å². The first-order valence-electron chi connectivity index (χ1n) is 6.99. The maximum Gasteiger partial charge on any atom is 0.435 e. The summed E-state index contributed by atoms with van der Waals surface area (Å²) in [6, 6.07) is 15.6. The molecule has 1 heterocycles. The van der Waals surface area contributed by atoms with Crippen molar-refractivity contribution in [3.8, 4) is 16.9 Å². The highest BCUT2D eigenvalue weighted by molar-refractivity contribution is 5.93. The lowest BCUT2D eigenvalue weighted by Crippen LogP contribution is -2.12. The first-order chi connectivity index (χ1) is 11.4. The Balaban J connectivity index is 2.21. The van der Waals surface area contributed by atoms with Crippen molar-refractivity contribution in [1.82, 2.24) is 9.78 Å². The molecule has 1 amide bonds. The topological polar surface area (TPSA) is 60.9 Å². The van der Waals surface area contributed by atoms with Gasteiger partial charge >= 0.3 is 6.18 Å². The number of benzene rings is 2. The average Bonchev–Trinajstić information content (AvgIpc) is 3.01. The van der Waals surface area contributed by atoms with Crippen LogP contribution in [0.25, 0.3) is 16.9 Å². The zero-order valence-electron chi connectivity index (χ0n) is 12.3. The van der Waals surface area contributed by atoms with Gasteiger partial charge in [0.25, 0.3) is 0 Å². The number of hydrogen-bond acceptors (Lipinski definition) is 2. The van der Waals surface area contributed by atoms with Crippen molar-refractivity contribution in [2.45, 2.75) is 6.18 Å². The van der Waals surface area contributed by atoms with Gasteiger partial charge in [-0.25, -0.2) is 4.68 Å². The Bertz CT molecular complexity index is 886. The first kappa shape index (κ1) is 15.8. The molecule has 4 nitrogen and oxygen atoms in total. The lowest BCUT2D eigenvalue weighted by Gasteiger charge is -2.08. The van der Waals surface area contributed by atoms with Gasteiger partial charge in [-0.15, -0.1) is 0 Å². The van der Waals surface area contributed by atoms with E-state index in [1.54, 1.807) is 42.5 Å². The van der Waals surface area contributed by atoms with Gasteiger partial charge in [0.05, 0.1) is 11.4 Å². The third kappa shape index (κ3) is 3.01. The van der Waals surface area contributed by atoms with Crippen molar-refractivity contribution >= 4 is 5.91 Å². The fourth-order valence-electron chi connectivity index (χ4n) is 2.32. The monoisotopic (exact) mass is 331 g/mol. The number of carbonyl (C=O) groups is 1. The molecule has 0 aliphatic carbocycles. The predicted molar refractivity (Wildman–Crippen MR) is 82.5 cm³/mol. The largest absolute Gasteiger partial charge is 0.435 e. The van der Waals surface area contributed by atoms with E-state index in [0.29, 0.717) is 11.3 Å². The minimum Gasteiger partial charge on any atom is -0.366 e. The Morgan fingerprint density at radius 2 is 1.71 bits per heavy atom. The second-order valence-corrected chi connectivity index (χ2v) is 5.10. The number of rotatable bonds is 3. The molecule has 0 saturated heterocycles. The van der Waals surface area contributed by atoms with Crippen LogP contribution in [0.3, 0.4) is 0 Å². The van der Waals surface area contributed by atoms with Crippen LogP contribution in [0.15, 0.2) is 60.7 Å². The molecule has 0 spiro atoms. The molecule has 0 bridgehead atoms. The van der Waals surface area contributed by atoms with Crippen LogP contribution in [-0.2, 0) is 6.18 Å². The molecule has 24 heavy (non-hydrogen) atoms. The highest BCUT2D eigenvalue weighted by atomic mass is 19.4. The summed E-state index contributed by atoms with van der Waals surface area (Å²) < 4.78 is 40.4. The van der Waals surface area contributed by atoms with E-state index >= 15 is 0 Å². The molecule has 3 rings (SSSR count). The lowest BCUT2D eigenvalue weighted by atomic mass is 10.1. The van der Waals surface area contributed by atoms with Gasteiger partial charge in [-0.05, 0) is 24.3 Å². The highest BCUT2D eigenvalue weighted by Gasteiger charge is 2.35. The van der Waals surface area contributed by atoms with E-state index in [1.807, 2.05) is 0 Å². The summed E-state index contributed by atoms with van der Waals surface area (Å²) in [5.74, 6) is -0.665. The number of aromatic nitrogens is 2. The van der Waals surface area contributed by atoms with Crippen LogP contribution >= 0.6 is 0 Å². The summed E-state index contributed by atoms with van der Waals surface area (Å²) >= 11 is 0. The standard InChI is InChI=1S/C17H12F3N3O/c18-17(19,20)15-10-14(11-5-2-1-3-6-11)23(22-15)13-8-4-7-12(9-13)16(21)24/h1-10H,(H2,21,24). The molecule has 0 fully saturated rings. The summed E-state index contributed by atoms with van der Waals surface area (Å²) in [4.78, 5) is 11.3. The molecule has 2 N–H and O–H groups in total. The van der Waals surface area contributed by atoms with Crippen molar-refractivity contribution in [3.05, 3.63) is 71.9 Å². The SMILES string of the molecule is NC(=O)c1cccc(-n2nc(C(F)(F)F)cc2-c2ccccc2)c1. The van der Waals surface area contributed by atoms with E-state index in [4.69, 9.17) is 5.73 Å². The molecule has 0 saturated carbocycles. The molecule has 0 unspecified atom stereocenters. The quantitative estimate of drug-likeness (QED) is 0.796. The highest BCUT2D eigenvalue weighted by Crippen LogP contribution is 2.33. The third-order valence-electron chi connectivity index (χ3n) is 3.44. The predicted octanol–water partition coefficient (Wildman–Crippen LogP) is 3.66. The maximum absolute atomic E-state index is 13.1. The molecule has 1 aromatic heterocycles. The number of amides is 1. The van der Waals surface area contributed by atoms with E-state index < -0.39 is 17.8 Å². The van der Waals surface area contributed by atoms with Gasteiger partial charge in [-0.2, -0.15) is 18.3 Å². The normalized spacial score (nSPS) is 11.5. The summed E-state index contributed by atoms with van der Waals surface area (Å²) in [5.41, 5.74) is 5.58. The number of carbonyl (C=O) groups excluding carboxylic acids is 1. The van der Waals surface area contributed by atoms with Crippen molar-refractivity contribution in [2.24, 2.45) is 5.73 Å².